The summed E-state index contributed by atoms with van der Waals surface area (Å²) in [4.78, 5) is 15.5. The Morgan fingerprint density at radius 3 is 2.50 bits per heavy atom. The molecule has 0 aliphatic carbocycles. The fraction of sp³-hybridized carbons (Fsp3) is 0.385. The number of hydrogen-bond acceptors (Lipinski definition) is 7. The SMILES string of the molecule is C#CC(CCCCC)Oc1c(N2CCN(S(=O)(=O)c3cccs3)CC2)cnn(-c2ccccc2)c1=O. The summed E-state index contributed by atoms with van der Waals surface area (Å²) in [5, 5.41) is 6.15. The predicted molar refractivity (Wildman–Crippen MR) is 143 cm³/mol. The molecule has 0 saturated carbocycles. The van der Waals surface area contributed by atoms with Crippen molar-refractivity contribution in [2.45, 2.75) is 42.9 Å². The quantitative estimate of drug-likeness (QED) is 0.295. The molecule has 36 heavy (non-hydrogen) atoms. The second-order valence-electron chi connectivity index (χ2n) is 8.50. The fourth-order valence-electron chi connectivity index (χ4n) is 4.12. The molecule has 2 aromatic heterocycles. The van der Waals surface area contributed by atoms with E-state index < -0.39 is 21.7 Å². The molecule has 10 heteroatoms. The molecular formula is C26H30N4O4S2. The number of hydrogen-bond donors (Lipinski definition) is 0. The zero-order valence-electron chi connectivity index (χ0n) is 20.2. The van der Waals surface area contributed by atoms with Crippen LogP contribution in [-0.4, -0.2) is 54.8 Å². The topological polar surface area (TPSA) is 84.7 Å². The zero-order valence-corrected chi connectivity index (χ0v) is 21.9. The van der Waals surface area contributed by atoms with Gasteiger partial charge in [0.2, 0.25) is 5.75 Å². The summed E-state index contributed by atoms with van der Waals surface area (Å²) in [7, 11) is -3.54. The van der Waals surface area contributed by atoms with Gasteiger partial charge in [0.15, 0.2) is 6.10 Å². The molecule has 1 aliphatic heterocycles. The number of thiophene rings is 1. The Balaban J connectivity index is 1.62. The van der Waals surface area contributed by atoms with E-state index in [4.69, 9.17) is 11.2 Å². The standard InChI is InChI=1S/C26H30N4O4S2/c1-3-5-7-13-22(4-2)34-25-23(20-27-30(26(25)31)21-11-8-6-9-12-21)28-15-17-29(18-16-28)36(32,33)24-14-10-19-35-24/h2,6,8-12,14,19-20,22H,3,5,7,13,15-18H2,1H3. The molecule has 3 heterocycles. The number of terminal acetylenes is 1. The highest BCUT2D eigenvalue weighted by Gasteiger charge is 2.31. The van der Waals surface area contributed by atoms with E-state index in [0.717, 1.165) is 19.3 Å². The van der Waals surface area contributed by atoms with Crippen molar-refractivity contribution in [1.82, 2.24) is 14.1 Å². The summed E-state index contributed by atoms with van der Waals surface area (Å²) in [5.41, 5.74) is 0.744. The van der Waals surface area contributed by atoms with Crippen molar-refractivity contribution in [2.24, 2.45) is 0 Å². The number of anilines is 1. The van der Waals surface area contributed by atoms with Crippen molar-refractivity contribution >= 4 is 27.0 Å². The third-order valence-corrected chi connectivity index (χ3v) is 9.37. The first-order valence-corrected chi connectivity index (χ1v) is 14.4. The lowest BCUT2D eigenvalue weighted by Gasteiger charge is -2.35. The smallest absolute Gasteiger partial charge is 0.316 e. The summed E-state index contributed by atoms with van der Waals surface area (Å²) in [6.45, 7) is 3.48. The lowest BCUT2D eigenvalue weighted by atomic mass is 10.1. The minimum Gasteiger partial charge on any atom is -0.470 e. The van der Waals surface area contributed by atoms with E-state index in [0.29, 0.717) is 35.1 Å². The molecule has 0 N–H and O–H groups in total. The number of rotatable bonds is 10. The Morgan fingerprint density at radius 2 is 1.86 bits per heavy atom. The second-order valence-corrected chi connectivity index (χ2v) is 11.6. The van der Waals surface area contributed by atoms with E-state index in [1.54, 1.807) is 35.8 Å². The van der Waals surface area contributed by atoms with Crippen LogP contribution >= 0.6 is 11.3 Å². The van der Waals surface area contributed by atoms with Gasteiger partial charge in [-0.1, -0.05) is 50.0 Å². The number of sulfonamides is 1. The number of benzene rings is 1. The second kappa shape index (κ2) is 11.7. The highest BCUT2D eigenvalue weighted by Crippen LogP contribution is 2.29. The van der Waals surface area contributed by atoms with Gasteiger partial charge in [-0.15, -0.1) is 17.8 Å². The molecule has 0 amide bonds. The van der Waals surface area contributed by atoms with Gasteiger partial charge in [0, 0.05) is 26.2 Å². The van der Waals surface area contributed by atoms with Crippen LogP contribution in [0.4, 0.5) is 5.69 Å². The fourth-order valence-corrected chi connectivity index (χ4v) is 6.69. The average Bonchev–Trinajstić information content (AvgIpc) is 3.46. The Bertz CT molecular complexity index is 1340. The van der Waals surface area contributed by atoms with Gasteiger partial charge >= 0.3 is 5.56 Å². The highest BCUT2D eigenvalue weighted by atomic mass is 32.2. The van der Waals surface area contributed by atoms with Crippen LogP contribution in [0.3, 0.4) is 0 Å². The Labute approximate surface area is 216 Å². The largest absolute Gasteiger partial charge is 0.470 e. The van der Waals surface area contributed by atoms with Crippen LogP contribution in [0.25, 0.3) is 5.69 Å². The summed E-state index contributed by atoms with van der Waals surface area (Å²) < 4.78 is 35.1. The van der Waals surface area contributed by atoms with Gasteiger partial charge in [-0.25, -0.2) is 8.42 Å². The van der Waals surface area contributed by atoms with Gasteiger partial charge in [0.1, 0.15) is 9.90 Å². The number of para-hydroxylation sites is 1. The van der Waals surface area contributed by atoms with Gasteiger partial charge in [-0.3, -0.25) is 4.79 Å². The van der Waals surface area contributed by atoms with E-state index in [2.05, 4.69) is 17.9 Å². The molecule has 3 aromatic rings. The average molecular weight is 527 g/mol. The molecule has 0 radical (unpaired) electrons. The first kappa shape index (κ1) is 25.9. The van der Waals surface area contributed by atoms with Crippen molar-refractivity contribution in [3.63, 3.8) is 0 Å². The number of aromatic nitrogens is 2. The molecule has 1 aliphatic rings. The van der Waals surface area contributed by atoms with Crippen LogP contribution in [0.15, 0.2) is 63.0 Å². The lowest BCUT2D eigenvalue weighted by molar-refractivity contribution is 0.238. The van der Waals surface area contributed by atoms with Crippen molar-refractivity contribution in [2.75, 3.05) is 31.1 Å². The normalized spacial score (nSPS) is 15.4. The van der Waals surface area contributed by atoms with Gasteiger partial charge in [0.05, 0.1) is 11.9 Å². The minimum absolute atomic E-state index is 0.142. The van der Waals surface area contributed by atoms with Gasteiger partial charge < -0.3 is 9.64 Å². The van der Waals surface area contributed by atoms with Crippen molar-refractivity contribution < 1.29 is 13.2 Å². The molecule has 1 saturated heterocycles. The highest BCUT2D eigenvalue weighted by molar-refractivity contribution is 7.91. The number of nitrogens with zero attached hydrogens (tertiary/aromatic N) is 4. The molecule has 1 aromatic carbocycles. The molecule has 190 valence electrons. The monoisotopic (exact) mass is 526 g/mol. The Kier molecular flexibility index (Phi) is 8.46. The molecule has 0 bridgehead atoms. The number of piperazine rings is 1. The molecule has 0 spiro atoms. The number of ether oxygens (including phenoxy) is 1. The molecule has 8 nitrogen and oxygen atoms in total. The van der Waals surface area contributed by atoms with Gasteiger partial charge in [-0.2, -0.15) is 14.1 Å². The van der Waals surface area contributed by atoms with Crippen LogP contribution in [0.2, 0.25) is 0 Å². The van der Waals surface area contributed by atoms with Gasteiger partial charge in [0.25, 0.3) is 10.0 Å². The minimum atomic E-state index is -3.54. The molecule has 1 fully saturated rings. The van der Waals surface area contributed by atoms with Crippen molar-refractivity contribution in [3.8, 4) is 23.8 Å². The maximum Gasteiger partial charge on any atom is 0.316 e. The zero-order chi connectivity index (χ0) is 25.5. The van der Waals surface area contributed by atoms with Crippen molar-refractivity contribution in [3.05, 3.63) is 64.4 Å². The van der Waals surface area contributed by atoms with Crippen LogP contribution in [-0.2, 0) is 10.0 Å². The molecular weight excluding hydrogens is 496 g/mol. The summed E-state index contributed by atoms with van der Waals surface area (Å²) in [6, 6.07) is 12.5. The summed E-state index contributed by atoms with van der Waals surface area (Å²) in [6.07, 6.45) is 10.4. The first-order valence-electron chi connectivity index (χ1n) is 12.0. The van der Waals surface area contributed by atoms with Crippen LogP contribution < -0.4 is 15.2 Å². The lowest BCUT2D eigenvalue weighted by Crippen LogP contribution is -2.49. The van der Waals surface area contributed by atoms with E-state index in [1.165, 1.54) is 20.3 Å². The van der Waals surface area contributed by atoms with E-state index >= 15 is 0 Å². The van der Waals surface area contributed by atoms with E-state index in [1.807, 2.05) is 23.1 Å². The third-order valence-electron chi connectivity index (χ3n) is 6.10. The third kappa shape index (κ3) is 5.64. The first-order chi connectivity index (χ1) is 17.5. The molecule has 4 rings (SSSR count). The predicted octanol–water partition coefficient (Wildman–Crippen LogP) is 3.77. The van der Waals surface area contributed by atoms with Crippen LogP contribution in [0, 0.1) is 12.3 Å². The van der Waals surface area contributed by atoms with Crippen LogP contribution in [0.5, 0.6) is 5.75 Å². The van der Waals surface area contributed by atoms with E-state index in [9.17, 15) is 13.2 Å². The maximum absolute atomic E-state index is 13.6. The van der Waals surface area contributed by atoms with E-state index in [-0.39, 0.29) is 18.8 Å². The maximum atomic E-state index is 13.6. The summed E-state index contributed by atoms with van der Waals surface area (Å²) >= 11 is 1.21. The Morgan fingerprint density at radius 1 is 1.11 bits per heavy atom. The van der Waals surface area contributed by atoms with Crippen LogP contribution in [0.1, 0.15) is 32.6 Å². The van der Waals surface area contributed by atoms with Gasteiger partial charge in [-0.05, 0) is 36.4 Å². The Hall–Kier alpha value is -3.13. The summed E-state index contributed by atoms with van der Waals surface area (Å²) in [5.74, 6) is 2.81. The number of unbranched alkanes of at least 4 members (excludes halogenated alkanes) is 2. The molecule has 1 unspecified atom stereocenters. The van der Waals surface area contributed by atoms with Crippen molar-refractivity contribution in [1.29, 1.82) is 0 Å². The molecule has 1 atom stereocenters.